The number of carbonyl (C=O) groups excluding carboxylic acids is 1. The summed E-state index contributed by atoms with van der Waals surface area (Å²) in [5.74, 6) is 0.467. The molecular formula is C13H17N3O2. The number of ether oxygens (including phenoxy) is 1. The second-order valence-electron chi connectivity index (χ2n) is 3.79. The van der Waals surface area contributed by atoms with E-state index in [1.807, 2.05) is 19.9 Å². The third kappa shape index (κ3) is 3.45. The van der Waals surface area contributed by atoms with Crippen molar-refractivity contribution in [2.45, 2.75) is 33.2 Å². The Morgan fingerprint density at radius 2 is 2.33 bits per heavy atom. The van der Waals surface area contributed by atoms with Crippen LogP contribution in [-0.4, -0.2) is 17.5 Å². The van der Waals surface area contributed by atoms with Gasteiger partial charge in [0.2, 0.25) is 5.91 Å². The second-order valence-corrected chi connectivity index (χ2v) is 3.79. The fourth-order valence-corrected chi connectivity index (χ4v) is 1.47. The first-order valence-corrected chi connectivity index (χ1v) is 5.94. The lowest BCUT2D eigenvalue weighted by molar-refractivity contribution is -0.121. The van der Waals surface area contributed by atoms with Gasteiger partial charge in [-0.3, -0.25) is 9.78 Å². The van der Waals surface area contributed by atoms with E-state index in [9.17, 15) is 4.79 Å². The highest BCUT2D eigenvalue weighted by molar-refractivity contribution is 5.75. The van der Waals surface area contributed by atoms with E-state index in [0.29, 0.717) is 30.0 Å². The molecule has 96 valence electrons. The van der Waals surface area contributed by atoms with E-state index < -0.39 is 0 Å². The van der Waals surface area contributed by atoms with Crippen LogP contribution in [-0.2, 0) is 4.79 Å². The molecule has 1 N–H and O–H groups in total. The molecule has 5 nitrogen and oxygen atoms in total. The van der Waals surface area contributed by atoms with Crippen molar-refractivity contribution in [3.8, 4) is 11.8 Å². The van der Waals surface area contributed by atoms with Crippen LogP contribution in [0.15, 0.2) is 12.3 Å². The maximum Gasteiger partial charge on any atom is 0.220 e. The Balaban J connectivity index is 2.93. The molecule has 1 amide bonds. The van der Waals surface area contributed by atoms with Gasteiger partial charge in [-0.2, -0.15) is 5.26 Å². The molecule has 0 unspecified atom stereocenters. The Morgan fingerprint density at radius 1 is 1.61 bits per heavy atom. The van der Waals surface area contributed by atoms with E-state index in [1.165, 1.54) is 6.20 Å². The lowest BCUT2D eigenvalue weighted by Crippen LogP contribution is -2.26. The first-order chi connectivity index (χ1) is 8.62. The predicted molar refractivity (Wildman–Crippen MR) is 67.0 cm³/mol. The van der Waals surface area contributed by atoms with Gasteiger partial charge in [0.1, 0.15) is 17.4 Å². The summed E-state index contributed by atoms with van der Waals surface area (Å²) in [6.45, 7) is 5.97. The monoisotopic (exact) mass is 247 g/mol. The van der Waals surface area contributed by atoms with Crippen LogP contribution in [0.1, 0.15) is 44.5 Å². The Bertz CT molecular complexity index is 466. The number of pyridine rings is 1. The number of nitrogens with zero attached hydrogens (tertiary/aromatic N) is 2. The van der Waals surface area contributed by atoms with Crippen molar-refractivity contribution in [1.29, 1.82) is 5.26 Å². The Hall–Kier alpha value is -2.09. The molecule has 0 spiro atoms. The highest BCUT2D eigenvalue weighted by Gasteiger charge is 2.13. The van der Waals surface area contributed by atoms with Crippen LogP contribution in [0, 0.1) is 11.3 Å². The zero-order valence-electron chi connectivity index (χ0n) is 10.9. The molecule has 0 saturated carbocycles. The van der Waals surface area contributed by atoms with Crippen molar-refractivity contribution in [3.63, 3.8) is 0 Å². The van der Waals surface area contributed by atoms with Gasteiger partial charge in [-0.25, -0.2) is 0 Å². The smallest absolute Gasteiger partial charge is 0.220 e. The van der Waals surface area contributed by atoms with Gasteiger partial charge in [-0.1, -0.05) is 6.92 Å². The molecule has 1 atom stereocenters. The molecule has 0 aromatic carbocycles. The molecular weight excluding hydrogens is 230 g/mol. The standard InChI is InChI=1S/C13H17N3O2/c1-4-13(17)16-9(3)11-6-12(18-5-2)10(7-14)8-15-11/h6,8-9H,4-5H2,1-3H3,(H,16,17)/t9-/m0/s1. The second kappa shape index (κ2) is 6.60. The Morgan fingerprint density at radius 3 is 2.89 bits per heavy atom. The summed E-state index contributed by atoms with van der Waals surface area (Å²) in [4.78, 5) is 15.5. The third-order valence-electron chi connectivity index (χ3n) is 2.45. The van der Waals surface area contributed by atoms with Crippen LogP contribution in [0.4, 0.5) is 0 Å². The maximum absolute atomic E-state index is 11.3. The third-order valence-corrected chi connectivity index (χ3v) is 2.45. The van der Waals surface area contributed by atoms with Crippen molar-refractivity contribution in [1.82, 2.24) is 10.3 Å². The van der Waals surface area contributed by atoms with Crippen molar-refractivity contribution < 1.29 is 9.53 Å². The van der Waals surface area contributed by atoms with E-state index >= 15 is 0 Å². The van der Waals surface area contributed by atoms with Gasteiger partial charge >= 0.3 is 0 Å². The highest BCUT2D eigenvalue weighted by atomic mass is 16.5. The van der Waals surface area contributed by atoms with Crippen molar-refractivity contribution in [3.05, 3.63) is 23.5 Å². The van der Waals surface area contributed by atoms with Gasteiger partial charge in [-0.05, 0) is 13.8 Å². The molecule has 1 aromatic heterocycles. The zero-order valence-corrected chi connectivity index (χ0v) is 10.9. The van der Waals surface area contributed by atoms with E-state index in [0.717, 1.165) is 0 Å². The van der Waals surface area contributed by atoms with E-state index in [1.54, 1.807) is 13.0 Å². The lowest BCUT2D eigenvalue weighted by atomic mass is 10.1. The summed E-state index contributed by atoms with van der Waals surface area (Å²) >= 11 is 0. The van der Waals surface area contributed by atoms with E-state index in [4.69, 9.17) is 10.00 Å². The molecule has 0 bridgehead atoms. The van der Waals surface area contributed by atoms with Gasteiger partial charge in [0, 0.05) is 18.7 Å². The molecule has 5 heteroatoms. The summed E-state index contributed by atoms with van der Waals surface area (Å²) in [5.41, 5.74) is 1.08. The van der Waals surface area contributed by atoms with Gasteiger partial charge in [-0.15, -0.1) is 0 Å². The fourth-order valence-electron chi connectivity index (χ4n) is 1.47. The topological polar surface area (TPSA) is 75.0 Å². The number of carbonyl (C=O) groups is 1. The maximum atomic E-state index is 11.3. The number of rotatable bonds is 5. The number of hydrogen-bond acceptors (Lipinski definition) is 4. The average molecular weight is 247 g/mol. The number of aromatic nitrogens is 1. The van der Waals surface area contributed by atoms with Crippen LogP contribution in [0.3, 0.4) is 0 Å². The zero-order chi connectivity index (χ0) is 13.5. The minimum absolute atomic E-state index is 0.0355. The molecule has 1 heterocycles. The molecule has 1 aromatic rings. The van der Waals surface area contributed by atoms with Crippen LogP contribution < -0.4 is 10.1 Å². The number of nitrogens with one attached hydrogen (secondary N) is 1. The number of hydrogen-bond donors (Lipinski definition) is 1. The van der Waals surface area contributed by atoms with E-state index in [-0.39, 0.29) is 11.9 Å². The number of amides is 1. The highest BCUT2D eigenvalue weighted by Crippen LogP contribution is 2.21. The average Bonchev–Trinajstić information content (AvgIpc) is 2.38. The van der Waals surface area contributed by atoms with Crippen LogP contribution in [0.2, 0.25) is 0 Å². The summed E-state index contributed by atoms with van der Waals surface area (Å²) in [5, 5.41) is 11.7. The largest absolute Gasteiger partial charge is 0.492 e. The Kier molecular flexibility index (Phi) is 5.12. The molecule has 0 saturated heterocycles. The normalized spacial score (nSPS) is 11.4. The summed E-state index contributed by atoms with van der Waals surface area (Å²) in [6.07, 6.45) is 1.90. The summed E-state index contributed by atoms with van der Waals surface area (Å²) in [7, 11) is 0. The molecule has 0 aliphatic heterocycles. The quantitative estimate of drug-likeness (QED) is 0.862. The van der Waals surface area contributed by atoms with Crippen molar-refractivity contribution >= 4 is 5.91 Å². The molecule has 0 aliphatic carbocycles. The SMILES string of the molecule is CCOc1cc([C@H](C)NC(=O)CC)ncc1C#N. The van der Waals surface area contributed by atoms with Gasteiger partial charge in [0.05, 0.1) is 18.3 Å². The molecule has 1 rings (SSSR count). The van der Waals surface area contributed by atoms with Crippen molar-refractivity contribution in [2.75, 3.05) is 6.61 Å². The van der Waals surface area contributed by atoms with Gasteiger partial charge in [0.15, 0.2) is 0 Å². The van der Waals surface area contributed by atoms with Gasteiger partial charge in [0.25, 0.3) is 0 Å². The lowest BCUT2D eigenvalue weighted by Gasteiger charge is -2.14. The minimum Gasteiger partial charge on any atom is -0.492 e. The van der Waals surface area contributed by atoms with Crippen molar-refractivity contribution in [2.24, 2.45) is 0 Å². The summed E-state index contributed by atoms with van der Waals surface area (Å²) < 4.78 is 5.37. The van der Waals surface area contributed by atoms with Gasteiger partial charge < -0.3 is 10.1 Å². The first kappa shape index (κ1) is 14.0. The van der Waals surface area contributed by atoms with Crippen LogP contribution in [0.25, 0.3) is 0 Å². The molecule has 0 aliphatic rings. The molecule has 0 fully saturated rings. The molecule has 18 heavy (non-hydrogen) atoms. The minimum atomic E-state index is -0.204. The fraction of sp³-hybridized carbons (Fsp3) is 0.462. The first-order valence-electron chi connectivity index (χ1n) is 5.94. The van der Waals surface area contributed by atoms with Crippen LogP contribution >= 0.6 is 0 Å². The molecule has 0 radical (unpaired) electrons. The van der Waals surface area contributed by atoms with Crippen LogP contribution in [0.5, 0.6) is 5.75 Å². The predicted octanol–water partition coefficient (Wildman–Crippen LogP) is 1.94. The Labute approximate surface area is 107 Å². The summed E-state index contributed by atoms with van der Waals surface area (Å²) in [6, 6.07) is 3.52. The van der Waals surface area contributed by atoms with E-state index in [2.05, 4.69) is 10.3 Å². The number of nitriles is 1.